The number of hydrogen-bond donors (Lipinski definition) is 0. The van der Waals surface area contributed by atoms with Crippen molar-refractivity contribution in [3.05, 3.63) is 12.4 Å². The molecule has 178 valence electrons. The molecule has 1 aliphatic rings. The lowest BCUT2D eigenvalue weighted by molar-refractivity contribution is 0.257. The molecule has 0 unspecified atom stereocenters. The Hall–Kier alpha value is -0.660. The van der Waals surface area contributed by atoms with Crippen LogP contribution < -0.4 is 0 Å². The fraction of sp³-hybridized carbons (Fsp3) is 0.929. The van der Waals surface area contributed by atoms with Gasteiger partial charge < -0.3 is 9.80 Å². The Morgan fingerprint density at radius 2 is 0.667 bits per heavy atom. The Morgan fingerprint density at radius 3 is 0.967 bits per heavy atom. The van der Waals surface area contributed by atoms with E-state index in [9.17, 15) is 0 Å². The monoisotopic (exact) mass is 420 g/mol. The van der Waals surface area contributed by atoms with Gasteiger partial charge in [0.15, 0.2) is 0 Å². The number of unbranched alkanes of at least 4 members (excludes halogenated alkanes) is 19. The van der Waals surface area contributed by atoms with Gasteiger partial charge in [0.2, 0.25) is 0 Å². The highest BCUT2D eigenvalue weighted by molar-refractivity contribution is 4.90. The predicted octanol–water partition coefficient (Wildman–Crippen LogP) is 9.26. The highest BCUT2D eigenvalue weighted by Crippen LogP contribution is 2.14. The van der Waals surface area contributed by atoms with Gasteiger partial charge in [-0.2, -0.15) is 0 Å². The molecule has 0 N–H and O–H groups in total. The van der Waals surface area contributed by atoms with Gasteiger partial charge in [-0.05, 0) is 12.8 Å². The molecule has 0 saturated carbocycles. The number of rotatable bonds is 23. The molecule has 0 aliphatic carbocycles. The van der Waals surface area contributed by atoms with E-state index in [0.29, 0.717) is 0 Å². The first-order valence-electron chi connectivity index (χ1n) is 14.0. The topological polar surface area (TPSA) is 6.48 Å². The lowest BCUT2D eigenvalue weighted by atomic mass is 10.1. The summed E-state index contributed by atoms with van der Waals surface area (Å²) >= 11 is 0. The molecule has 0 spiro atoms. The molecule has 0 aromatic rings. The second-order valence-electron chi connectivity index (χ2n) is 9.78. The zero-order valence-corrected chi connectivity index (χ0v) is 21.0. The van der Waals surface area contributed by atoms with Crippen LogP contribution >= 0.6 is 0 Å². The third-order valence-electron chi connectivity index (χ3n) is 6.70. The fourth-order valence-corrected chi connectivity index (χ4v) is 4.59. The smallest absolute Gasteiger partial charge is 0.0893 e. The van der Waals surface area contributed by atoms with E-state index in [1.807, 2.05) is 0 Å². The van der Waals surface area contributed by atoms with E-state index in [2.05, 4.69) is 36.0 Å². The molecule has 2 heteroatoms. The minimum Gasteiger partial charge on any atom is -0.359 e. The molecule has 1 rings (SSSR count). The van der Waals surface area contributed by atoms with E-state index in [1.54, 1.807) is 0 Å². The summed E-state index contributed by atoms with van der Waals surface area (Å²) in [4.78, 5) is 5.03. The summed E-state index contributed by atoms with van der Waals surface area (Å²) in [6.45, 7) is 8.24. The zero-order valence-electron chi connectivity index (χ0n) is 21.0. The van der Waals surface area contributed by atoms with Crippen LogP contribution in [-0.2, 0) is 0 Å². The zero-order chi connectivity index (χ0) is 21.5. The maximum absolute atomic E-state index is 2.52. The second kappa shape index (κ2) is 21.6. The van der Waals surface area contributed by atoms with Crippen molar-refractivity contribution >= 4 is 0 Å². The van der Waals surface area contributed by atoms with Gasteiger partial charge in [-0.15, -0.1) is 0 Å². The maximum Gasteiger partial charge on any atom is 0.0893 e. The van der Waals surface area contributed by atoms with Gasteiger partial charge in [0.05, 0.1) is 6.67 Å². The van der Waals surface area contributed by atoms with E-state index in [-0.39, 0.29) is 0 Å². The highest BCUT2D eigenvalue weighted by atomic mass is 15.3. The predicted molar refractivity (Wildman–Crippen MR) is 136 cm³/mol. The molecule has 0 saturated heterocycles. The van der Waals surface area contributed by atoms with Gasteiger partial charge in [0.1, 0.15) is 0 Å². The Kier molecular flexibility index (Phi) is 19.7. The van der Waals surface area contributed by atoms with Gasteiger partial charge in [0.25, 0.3) is 0 Å². The van der Waals surface area contributed by atoms with Crippen LogP contribution in [0.3, 0.4) is 0 Å². The summed E-state index contributed by atoms with van der Waals surface area (Å²) in [5.41, 5.74) is 0. The normalized spacial score (nSPS) is 13.7. The van der Waals surface area contributed by atoms with Gasteiger partial charge in [0, 0.05) is 25.5 Å². The van der Waals surface area contributed by atoms with Crippen LogP contribution in [0.15, 0.2) is 12.4 Å². The van der Waals surface area contributed by atoms with Crippen molar-refractivity contribution in [3.8, 4) is 0 Å². The molecule has 0 radical (unpaired) electrons. The summed E-state index contributed by atoms with van der Waals surface area (Å²) in [6, 6.07) is 0. The summed E-state index contributed by atoms with van der Waals surface area (Å²) in [5, 5.41) is 0. The summed E-state index contributed by atoms with van der Waals surface area (Å²) < 4.78 is 0. The SMILES string of the molecule is CCCCCCCCCCCCCCN1C=CN(CCCCCCCCCCC)C1. The summed E-state index contributed by atoms with van der Waals surface area (Å²) in [7, 11) is 0. The van der Waals surface area contributed by atoms with Gasteiger partial charge in [-0.1, -0.05) is 136 Å². The van der Waals surface area contributed by atoms with E-state index >= 15 is 0 Å². The Morgan fingerprint density at radius 1 is 0.400 bits per heavy atom. The molecular weight excluding hydrogens is 364 g/mol. The average molecular weight is 421 g/mol. The lowest BCUT2D eigenvalue weighted by Gasteiger charge is -2.21. The summed E-state index contributed by atoms with van der Waals surface area (Å²) in [6.07, 6.45) is 34.7. The fourth-order valence-electron chi connectivity index (χ4n) is 4.59. The molecule has 1 aliphatic heterocycles. The molecule has 1 heterocycles. The number of nitrogens with zero attached hydrogens (tertiary/aromatic N) is 2. The van der Waals surface area contributed by atoms with E-state index in [1.165, 1.54) is 148 Å². The van der Waals surface area contributed by atoms with Crippen LogP contribution in [0.2, 0.25) is 0 Å². The average Bonchev–Trinajstić information content (AvgIpc) is 3.21. The van der Waals surface area contributed by atoms with Gasteiger partial charge in [-0.25, -0.2) is 0 Å². The van der Waals surface area contributed by atoms with Crippen LogP contribution in [0, 0.1) is 0 Å². The molecule has 0 fully saturated rings. The van der Waals surface area contributed by atoms with Crippen LogP contribution in [0.4, 0.5) is 0 Å². The van der Waals surface area contributed by atoms with Gasteiger partial charge >= 0.3 is 0 Å². The minimum absolute atomic E-state index is 1.13. The van der Waals surface area contributed by atoms with Crippen LogP contribution in [-0.4, -0.2) is 29.6 Å². The van der Waals surface area contributed by atoms with E-state index < -0.39 is 0 Å². The third-order valence-corrected chi connectivity index (χ3v) is 6.70. The van der Waals surface area contributed by atoms with Crippen molar-refractivity contribution in [1.29, 1.82) is 0 Å². The minimum atomic E-state index is 1.13. The second-order valence-corrected chi connectivity index (χ2v) is 9.78. The Bertz CT molecular complexity index is 366. The van der Waals surface area contributed by atoms with Gasteiger partial charge in [-0.3, -0.25) is 0 Å². The van der Waals surface area contributed by atoms with Crippen LogP contribution in [0.1, 0.15) is 149 Å². The van der Waals surface area contributed by atoms with Crippen molar-refractivity contribution in [2.24, 2.45) is 0 Å². The quantitative estimate of drug-likeness (QED) is 0.152. The van der Waals surface area contributed by atoms with Crippen LogP contribution in [0.5, 0.6) is 0 Å². The molecular formula is C28H56N2. The summed E-state index contributed by atoms with van der Waals surface area (Å²) in [5.74, 6) is 0. The molecule has 0 aromatic carbocycles. The third kappa shape index (κ3) is 17.1. The maximum atomic E-state index is 2.52. The molecule has 2 nitrogen and oxygen atoms in total. The van der Waals surface area contributed by atoms with E-state index in [0.717, 1.165) is 6.67 Å². The first-order chi connectivity index (χ1) is 14.9. The molecule has 0 bridgehead atoms. The van der Waals surface area contributed by atoms with Crippen molar-refractivity contribution in [2.45, 2.75) is 149 Å². The molecule has 0 amide bonds. The largest absolute Gasteiger partial charge is 0.359 e. The lowest BCUT2D eigenvalue weighted by Crippen LogP contribution is -2.26. The first-order valence-corrected chi connectivity index (χ1v) is 14.0. The van der Waals surface area contributed by atoms with E-state index in [4.69, 9.17) is 0 Å². The Labute approximate surface area is 190 Å². The van der Waals surface area contributed by atoms with Crippen LogP contribution in [0.25, 0.3) is 0 Å². The van der Waals surface area contributed by atoms with Crippen molar-refractivity contribution in [1.82, 2.24) is 9.80 Å². The number of hydrogen-bond acceptors (Lipinski definition) is 2. The first kappa shape index (κ1) is 27.4. The van der Waals surface area contributed by atoms with Crippen molar-refractivity contribution in [2.75, 3.05) is 19.8 Å². The highest BCUT2D eigenvalue weighted by Gasteiger charge is 2.10. The van der Waals surface area contributed by atoms with Crippen molar-refractivity contribution in [3.63, 3.8) is 0 Å². The molecule has 30 heavy (non-hydrogen) atoms. The standard InChI is InChI=1S/C28H56N2/c1-3-5-7-9-11-13-14-15-17-19-21-23-25-30-27-26-29(28-30)24-22-20-18-16-12-10-8-6-4-2/h26-27H,3-25,28H2,1-2H3. The Balaban J connectivity index is 1.79. The van der Waals surface area contributed by atoms with Crippen molar-refractivity contribution < 1.29 is 0 Å². The molecule has 0 atom stereocenters. The molecule has 0 aromatic heterocycles.